The highest BCUT2D eigenvalue weighted by Crippen LogP contribution is 2.16. The van der Waals surface area contributed by atoms with E-state index >= 15 is 0 Å². The molecule has 1 aromatic rings. The van der Waals surface area contributed by atoms with Crippen molar-refractivity contribution < 1.29 is 9.53 Å². The molecule has 1 heterocycles. The molecule has 1 saturated heterocycles. The molecule has 1 fully saturated rings. The van der Waals surface area contributed by atoms with Gasteiger partial charge >= 0.3 is 6.09 Å². The molecule has 2 rings (SSSR count). The average Bonchev–Trinajstić information content (AvgIpc) is 2.76. The van der Waals surface area contributed by atoms with Crippen molar-refractivity contribution in [3.63, 3.8) is 0 Å². The number of benzene rings is 1. The van der Waals surface area contributed by atoms with Crippen LogP contribution >= 0.6 is 11.6 Å². The SMILES string of the molecule is O=C1OC(CCCCl)CN1/N=C/c1ccccc1. The van der Waals surface area contributed by atoms with E-state index in [1.54, 1.807) is 6.21 Å². The summed E-state index contributed by atoms with van der Waals surface area (Å²) in [5.41, 5.74) is 0.953. The van der Waals surface area contributed by atoms with E-state index in [0.29, 0.717) is 12.4 Å². The standard InChI is InChI=1S/C13H15ClN2O2/c14-8-4-7-12-10-16(13(17)18-12)15-9-11-5-2-1-3-6-11/h1-3,5-6,9,12H,4,7-8,10H2/b15-9+. The molecule has 0 saturated carbocycles. The maximum absolute atomic E-state index is 11.5. The molecule has 4 nitrogen and oxygen atoms in total. The minimum absolute atomic E-state index is 0.0934. The summed E-state index contributed by atoms with van der Waals surface area (Å²) in [6, 6.07) is 9.63. The number of hydrogen-bond donors (Lipinski definition) is 0. The van der Waals surface area contributed by atoms with Crippen LogP contribution in [0.1, 0.15) is 18.4 Å². The zero-order chi connectivity index (χ0) is 12.8. The normalized spacial score (nSPS) is 19.5. The van der Waals surface area contributed by atoms with Crippen LogP contribution < -0.4 is 0 Å². The van der Waals surface area contributed by atoms with Gasteiger partial charge in [0, 0.05) is 5.88 Å². The highest BCUT2D eigenvalue weighted by atomic mass is 35.5. The van der Waals surface area contributed by atoms with Crippen molar-refractivity contribution in [2.45, 2.75) is 18.9 Å². The van der Waals surface area contributed by atoms with Crippen LogP contribution in [0.4, 0.5) is 4.79 Å². The Labute approximate surface area is 111 Å². The lowest BCUT2D eigenvalue weighted by atomic mass is 10.2. The number of alkyl halides is 1. The number of nitrogens with zero attached hydrogens (tertiary/aromatic N) is 2. The Balaban J connectivity index is 1.90. The third-order valence-electron chi connectivity index (χ3n) is 2.66. The molecule has 0 bridgehead atoms. The Bertz CT molecular complexity index is 422. The molecule has 0 radical (unpaired) electrons. The van der Waals surface area contributed by atoms with Gasteiger partial charge in [-0.3, -0.25) is 0 Å². The second-order valence-electron chi connectivity index (χ2n) is 4.07. The molecule has 1 aliphatic rings. The molecule has 1 unspecified atom stereocenters. The van der Waals surface area contributed by atoms with Crippen molar-refractivity contribution in [2.24, 2.45) is 5.10 Å². The van der Waals surface area contributed by atoms with Crippen LogP contribution in [0.15, 0.2) is 35.4 Å². The summed E-state index contributed by atoms with van der Waals surface area (Å²) >= 11 is 5.61. The maximum Gasteiger partial charge on any atom is 0.430 e. The monoisotopic (exact) mass is 266 g/mol. The van der Waals surface area contributed by atoms with Gasteiger partial charge in [-0.25, -0.2) is 4.79 Å². The summed E-state index contributed by atoms with van der Waals surface area (Å²) in [7, 11) is 0. The lowest BCUT2D eigenvalue weighted by Crippen LogP contribution is -2.19. The van der Waals surface area contributed by atoms with E-state index in [0.717, 1.165) is 18.4 Å². The van der Waals surface area contributed by atoms with E-state index in [1.807, 2.05) is 30.3 Å². The van der Waals surface area contributed by atoms with Gasteiger partial charge in [0.2, 0.25) is 0 Å². The molecule has 1 aliphatic heterocycles. The number of amides is 1. The Morgan fingerprint density at radius 2 is 2.22 bits per heavy atom. The Kier molecular flexibility index (Phi) is 4.59. The van der Waals surface area contributed by atoms with Crippen LogP contribution in [0.3, 0.4) is 0 Å². The number of carbonyl (C=O) groups is 1. The number of hydrazone groups is 1. The van der Waals surface area contributed by atoms with E-state index in [2.05, 4.69) is 5.10 Å². The minimum Gasteiger partial charge on any atom is -0.443 e. The summed E-state index contributed by atoms with van der Waals surface area (Å²) in [6.07, 6.45) is 2.80. The predicted octanol–water partition coefficient (Wildman–Crippen LogP) is 2.86. The van der Waals surface area contributed by atoms with Crippen molar-refractivity contribution in [3.8, 4) is 0 Å². The fraction of sp³-hybridized carbons (Fsp3) is 0.385. The zero-order valence-corrected chi connectivity index (χ0v) is 10.7. The summed E-state index contributed by atoms with van der Waals surface area (Å²) in [6.45, 7) is 0.499. The second-order valence-corrected chi connectivity index (χ2v) is 4.45. The van der Waals surface area contributed by atoms with Crippen molar-refractivity contribution in [1.82, 2.24) is 5.01 Å². The summed E-state index contributed by atoms with van der Waals surface area (Å²) in [5.74, 6) is 0.585. The molecule has 0 N–H and O–H groups in total. The van der Waals surface area contributed by atoms with Crippen LogP contribution in [-0.2, 0) is 4.74 Å². The molecule has 1 aromatic carbocycles. The van der Waals surface area contributed by atoms with Gasteiger partial charge in [0.15, 0.2) is 0 Å². The number of ether oxygens (including phenoxy) is 1. The quantitative estimate of drug-likeness (QED) is 0.607. The van der Waals surface area contributed by atoms with E-state index in [1.165, 1.54) is 5.01 Å². The molecule has 5 heteroatoms. The van der Waals surface area contributed by atoms with E-state index in [-0.39, 0.29) is 12.2 Å². The highest BCUT2D eigenvalue weighted by molar-refractivity contribution is 6.17. The maximum atomic E-state index is 11.5. The van der Waals surface area contributed by atoms with Crippen molar-refractivity contribution in [3.05, 3.63) is 35.9 Å². The Morgan fingerprint density at radius 1 is 1.44 bits per heavy atom. The van der Waals surface area contributed by atoms with Gasteiger partial charge in [0.1, 0.15) is 6.10 Å². The van der Waals surface area contributed by atoms with Gasteiger partial charge in [-0.1, -0.05) is 30.3 Å². The molecule has 0 aromatic heterocycles. The first kappa shape index (κ1) is 12.9. The number of hydrogen-bond acceptors (Lipinski definition) is 3. The fourth-order valence-corrected chi connectivity index (χ4v) is 1.89. The van der Waals surface area contributed by atoms with Gasteiger partial charge < -0.3 is 4.74 Å². The largest absolute Gasteiger partial charge is 0.443 e. The van der Waals surface area contributed by atoms with Crippen LogP contribution in [0.25, 0.3) is 0 Å². The second kappa shape index (κ2) is 6.40. The Morgan fingerprint density at radius 3 is 2.94 bits per heavy atom. The van der Waals surface area contributed by atoms with Crippen LogP contribution in [0, 0.1) is 0 Å². The smallest absolute Gasteiger partial charge is 0.430 e. The molecule has 0 aliphatic carbocycles. The zero-order valence-electron chi connectivity index (χ0n) is 9.96. The molecule has 96 valence electrons. The number of rotatable bonds is 5. The Hall–Kier alpha value is -1.55. The van der Waals surface area contributed by atoms with Crippen molar-refractivity contribution in [1.29, 1.82) is 0 Å². The number of cyclic esters (lactones) is 1. The minimum atomic E-state index is -0.387. The summed E-state index contributed by atoms with van der Waals surface area (Å²) in [4.78, 5) is 11.5. The third-order valence-corrected chi connectivity index (χ3v) is 2.93. The van der Waals surface area contributed by atoms with Gasteiger partial charge in [0.05, 0.1) is 12.8 Å². The van der Waals surface area contributed by atoms with Crippen LogP contribution in [0.2, 0.25) is 0 Å². The lowest BCUT2D eigenvalue weighted by Gasteiger charge is -2.05. The molecular weight excluding hydrogens is 252 g/mol. The molecule has 0 spiro atoms. The van der Waals surface area contributed by atoms with E-state index in [9.17, 15) is 4.79 Å². The first-order valence-electron chi connectivity index (χ1n) is 5.93. The van der Waals surface area contributed by atoms with Gasteiger partial charge in [-0.15, -0.1) is 11.6 Å². The predicted molar refractivity (Wildman–Crippen MR) is 71.0 cm³/mol. The van der Waals surface area contributed by atoms with Crippen molar-refractivity contribution in [2.75, 3.05) is 12.4 Å². The number of halogens is 1. The third kappa shape index (κ3) is 3.47. The van der Waals surface area contributed by atoms with Gasteiger partial charge in [-0.2, -0.15) is 10.1 Å². The van der Waals surface area contributed by atoms with Crippen LogP contribution in [0.5, 0.6) is 0 Å². The number of carbonyl (C=O) groups excluding carboxylic acids is 1. The van der Waals surface area contributed by atoms with Crippen molar-refractivity contribution >= 4 is 23.9 Å². The first-order chi connectivity index (χ1) is 8.79. The average molecular weight is 267 g/mol. The summed E-state index contributed by atoms with van der Waals surface area (Å²) < 4.78 is 5.18. The molecule has 1 atom stereocenters. The first-order valence-corrected chi connectivity index (χ1v) is 6.46. The fourth-order valence-electron chi connectivity index (χ4n) is 1.73. The lowest BCUT2D eigenvalue weighted by molar-refractivity contribution is 0.129. The molecular formula is C13H15ClN2O2. The summed E-state index contributed by atoms with van der Waals surface area (Å²) in [5, 5.41) is 5.49. The van der Waals surface area contributed by atoms with E-state index in [4.69, 9.17) is 16.3 Å². The van der Waals surface area contributed by atoms with Gasteiger partial charge in [0.25, 0.3) is 0 Å². The van der Waals surface area contributed by atoms with Crippen LogP contribution in [-0.4, -0.2) is 35.8 Å². The molecule has 1 amide bonds. The van der Waals surface area contributed by atoms with Gasteiger partial charge in [-0.05, 0) is 18.4 Å². The van der Waals surface area contributed by atoms with E-state index < -0.39 is 0 Å². The molecule has 18 heavy (non-hydrogen) atoms. The highest BCUT2D eigenvalue weighted by Gasteiger charge is 2.30. The topological polar surface area (TPSA) is 41.9 Å².